The number of urea groups is 1. The second kappa shape index (κ2) is 8.16. The molecule has 8 bridgehead atoms. The molecule has 8 saturated carbocycles. The van der Waals surface area contributed by atoms with E-state index in [-0.39, 0.29) is 41.8 Å². The van der Waals surface area contributed by atoms with Crippen molar-refractivity contribution >= 4 is 17.8 Å². The molecule has 0 heterocycles. The average molecular weight is 457 g/mol. The molecule has 7 nitrogen and oxygen atoms in total. The van der Waals surface area contributed by atoms with Crippen LogP contribution in [0.15, 0.2) is 0 Å². The fraction of sp³-hybridized carbons (Fsp3) is 0.885. The van der Waals surface area contributed by atoms with Gasteiger partial charge < -0.3 is 10.6 Å². The van der Waals surface area contributed by atoms with Gasteiger partial charge >= 0.3 is 6.03 Å². The Morgan fingerprint density at radius 3 is 1.61 bits per heavy atom. The first kappa shape index (κ1) is 21.7. The van der Waals surface area contributed by atoms with Gasteiger partial charge in [0.15, 0.2) is 0 Å². The molecule has 0 aromatic rings. The monoisotopic (exact) mass is 456 g/mol. The smallest absolute Gasteiger partial charge is 0.315 e. The Kier molecular flexibility index (Phi) is 5.37. The molecule has 0 aromatic carbocycles. The summed E-state index contributed by atoms with van der Waals surface area (Å²) in [6.45, 7) is 0.273. The maximum absolute atomic E-state index is 12.6. The van der Waals surface area contributed by atoms with E-state index in [1.165, 1.54) is 57.8 Å². The van der Waals surface area contributed by atoms with Crippen molar-refractivity contribution in [3.63, 3.8) is 0 Å². The third kappa shape index (κ3) is 4.49. The highest BCUT2D eigenvalue weighted by molar-refractivity contribution is 5.83. The summed E-state index contributed by atoms with van der Waals surface area (Å²) in [5, 5.41) is 6.12. The number of nitrogens with one attached hydrogen (secondary N) is 4. The number of hydrogen-bond acceptors (Lipinski definition) is 3. The molecule has 0 saturated heterocycles. The van der Waals surface area contributed by atoms with Crippen LogP contribution in [0.2, 0.25) is 0 Å². The van der Waals surface area contributed by atoms with Crippen LogP contribution in [0.4, 0.5) is 4.79 Å². The van der Waals surface area contributed by atoms with Gasteiger partial charge in [-0.25, -0.2) is 4.79 Å². The van der Waals surface area contributed by atoms with Crippen LogP contribution in [0.3, 0.4) is 0 Å². The highest BCUT2D eigenvalue weighted by Gasteiger charge is 2.52. The topological polar surface area (TPSA) is 99.3 Å². The molecule has 4 amide bonds. The van der Waals surface area contributed by atoms with Gasteiger partial charge in [0, 0.05) is 24.9 Å². The first-order valence-electron chi connectivity index (χ1n) is 13.5. The molecule has 0 unspecified atom stereocenters. The minimum Gasteiger partial charge on any atom is -0.338 e. The van der Waals surface area contributed by atoms with E-state index in [1.807, 2.05) is 0 Å². The Bertz CT molecular complexity index is 754. The van der Waals surface area contributed by atoms with Crippen LogP contribution < -0.4 is 21.5 Å². The minimum absolute atomic E-state index is 0.0215. The van der Waals surface area contributed by atoms with Crippen molar-refractivity contribution in [1.29, 1.82) is 0 Å². The van der Waals surface area contributed by atoms with E-state index in [9.17, 15) is 14.4 Å². The Balaban J connectivity index is 0.897. The highest BCUT2D eigenvalue weighted by Crippen LogP contribution is 2.61. The average Bonchev–Trinajstić information content (AvgIpc) is 2.69. The van der Waals surface area contributed by atoms with Crippen molar-refractivity contribution in [1.82, 2.24) is 21.5 Å². The second-order valence-electron chi connectivity index (χ2n) is 13.0. The van der Waals surface area contributed by atoms with Gasteiger partial charge in [-0.05, 0) is 118 Å². The maximum atomic E-state index is 12.6. The number of carbonyl (C=O) groups is 3. The van der Waals surface area contributed by atoms with Crippen molar-refractivity contribution in [2.75, 3.05) is 6.54 Å². The zero-order chi connectivity index (χ0) is 22.6. The summed E-state index contributed by atoms with van der Waals surface area (Å²) in [6, 6.07) is -0.157. The predicted molar refractivity (Wildman–Crippen MR) is 124 cm³/mol. The Morgan fingerprint density at radius 1 is 0.636 bits per heavy atom. The van der Waals surface area contributed by atoms with Crippen molar-refractivity contribution in [2.45, 2.75) is 95.4 Å². The van der Waals surface area contributed by atoms with Crippen molar-refractivity contribution in [3.8, 4) is 0 Å². The van der Waals surface area contributed by atoms with Crippen LogP contribution in [0.1, 0.15) is 89.9 Å². The predicted octanol–water partition coefficient (Wildman–Crippen LogP) is 3.40. The van der Waals surface area contributed by atoms with Crippen LogP contribution in [-0.4, -0.2) is 29.9 Å². The lowest BCUT2D eigenvalue weighted by atomic mass is 9.49. The third-order valence-corrected chi connectivity index (χ3v) is 10.1. The number of carbonyl (C=O) groups excluding carboxylic acids is 3. The molecule has 33 heavy (non-hydrogen) atoms. The number of hydrogen-bond donors (Lipinski definition) is 4. The molecule has 182 valence electrons. The summed E-state index contributed by atoms with van der Waals surface area (Å²) < 4.78 is 0. The first-order chi connectivity index (χ1) is 15.9. The summed E-state index contributed by atoms with van der Waals surface area (Å²) >= 11 is 0. The van der Waals surface area contributed by atoms with E-state index in [0.29, 0.717) is 6.42 Å². The summed E-state index contributed by atoms with van der Waals surface area (Å²) in [6.07, 6.45) is 15.7. The summed E-state index contributed by atoms with van der Waals surface area (Å²) in [5.41, 5.74) is 5.33. The zero-order valence-electron chi connectivity index (χ0n) is 19.8. The molecule has 8 aliphatic carbocycles. The van der Waals surface area contributed by atoms with Gasteiger partial charge in [-0.15, -0.1) is 0 Å². The Morgan fingerprint density at radius 2 is 1.09 bits per heavy atom. The SMILES string of the molecule is O=C(CCNC(=O)NC12CC3CC(CC(C3)C1)C2)NNC(=O)CC12CC3CC(CC(C3)C1)C2. The second-order valence-corrected chi connectivity index (χ2v) is 13.0. The van der Waals surface area contributed by atoms with E-state index < -0.39 is 0 Å². The number of rotatable bonds is 6. The van der Waals surface area contributed by atoms with Gasteiger partial charge in [0.2, 0.25) is 11.8 Å². The van der Waals surface area contributed by atoms with Crippen LogP contribution >= 0.6 is 0 Å². The van der Waals surface area contributed by atoms with E-state index in [0.717, 1.165) is 54.8 Å². The van der Waals surface area contributed by atoms with Crippen molar-refractivity contribution in [3.05, 3.63) is 0 Å². The van der Waals surface area contributed by atoms with E-state index in [4.69, 9.17) is 0 Å². The Hall–Kier alpha value is -1.79. The molecule has 0 aromatic heterocycles. The molecule has 0 radical (unpaired) electrons. The number of amides is 4. The standard InChI is InChI=1S/C26H40N4O3/c31-22(29-30-23(32)15-25-9-16-3-17(10-25)5-18(4-16)11-25)1-2-27-24(33)28-26-12-19-6-20(13-26)8-21(7-19)14-26/h16-21H,1-15H2,(H,29,31)(H,30,32)(H2,27,28,33). The largest absolute Gasteiger partial charge is 0.338 e. The summed E-state index contributed by atoms with van der Waals surface area (Å²) in [7, 11) is 0. The lowest BCUT2D eigenvalue weighted by Crippen LogP contribution is -2.61. The van der Waals surface area contributed by atoms with Crippen LogP contribution in [0, 0.1) is 40.9 Å². The van der Waals surface area contributed by atoms with Crippen LogP contribution in [0.5, 0.6) is 0 Å². The van der Waals surface area contributed by atoms with Gasteiger partial charge in [0.05, 0.1) is 0 Å². The minimum atomic E-state index is -0.260. The molecule has 8 fully saturated rings. The number of hydrazine groups is 1. The molecule has 7 heteroatoms. The maximum Gasteiger partial charge on any atom is 0.315 e. The fourth-order valence-corrected chi connectivity index (χ4v) is 9.93. The van der Waals surface area contributed by atoms with E-state index in [1.54, 1.807) is 0 Å². The molecule has 4 N–H and O–H groups in total. The molecule has 0 aliphatic heterocycles. The summed E-state index contributed by atoms with van der Waals surface area (Å²) in [4.78, 5) is 37.3. The van der Waals surface area contributed by atoms with Gasteiger partial charge in [-0.3, -0.25) is 20.4 Å². The lowest BCUT2D eigenvalue weighted by molar-refractivity contribution is -0.134. The van der Waals surface area contributed by atoms with Crippen LogP contribution in [0.25, 0.3) is 0 Å². The molecular weight excluding hydrogens is 416 g/mol. The first-order valence-corrected chi connectivity index (χ1v) is 13.5. The van der Waals surface area contributed by atoms with E-state index in [2.05, 4.69) is 21.5 Å². The normalized spacial score (nSPS) is 43.9. The van der Waals surface area contributed by atoms with Crippen molar-refractivity contribution in [2.24, 2.45) is 40.9 Å². The zero-order valence-corrected chi connectivity index (χ0v) is 19.8. The summed E-state index contributed by atoms with van der Waals surface area (Å²) in [5.74, 6) is 4.46. The van der Waals surface area contributed by atoms with Crippen molar-refractivity contribution < 1.29 is 14.4 Å². The molecule has 8 aliphatic rings. The third-order valence-electron chi connectivity index (χ3n) is 10.1. The van der Waals surface area contributed by atoms with E-state index >= 15 is 0 Å². The lowest BCUT2D eigenvalue weighted by Gasteiger charge is -2.56. The van der Waals surface area contributed by atoms with Gasteiger partial charge in [-0.1, -0.05) is 0 Å². The molecule has 0 spiro atoms. The molecular formula is C26H40N4O3. The highest BCUT2D eigenvalue weighted by atomic mass is 16.2. The van der Waals surface area contributed by atoms with Crippen LogP contribution in [-0.2, 0) is 9.59 Å². The Labute approximate surface area is 196 Å². The quantitative estimate of drug-likeness (QED) is 0.461. The van der Waals surface area contributed by atoms with Gasteiger partial charge in [0.25, 0.3) is 0 Å². The molecule has 0 atom stereocenters. The molecule has 8 rings (SSSR count). The fourth-order valence-electron chi connectivity index (χ4n) is 9.93. The van der Waals surface area contributed by atoms with Gasteiger partial charge in [-0.2, -0.15) is 0 Å². The van der Waals surface area contributed by atoms with Gasteiger partial charge in [0.1, 0.15) is 0 Å².